The summed E-state index contributed by atoms with van der Waals surface area (Å²) >= 11 is 0. The van der Waals surface area contributed by atoms with E-state index in [1.54, 1.807) is 5.57 Å². The molecule has 0 radical (unpaired) electrons. The smallest absolute Gasteiger partial charge is 0.0234 e. The molecular weight excluding hydrogens is 180 g/mol. The summed E-state index contributed by atoms with van der Waals surface area (Å²) in [5.41, 5.74) is 4.68. The molecule has 0 aromatic heterocycles. The van der Waals surface area contributed by atoms with Crippen molar-refractivity contribution in [2.75, 3.05) is 0 Å². The largest absolute Gasteiger partial charge is 0.115 e. The Bertz CT molecular complexity index is 373. The van der Waals surface area contributed by atoms with E-state index in [1.807, 2.05) is 0 Å². The third-order valence-corrected chi connectivity index (χ3v) is 4.55. The lowest BCUT2D eigenvalue weighted by molar-refractivity contribution is 0.225. The summed E-state index contributed by atoms with van der Waals surface area (Å²) < 4.78 is 0. The molecule has 0 saturated heterocycles. The molecule has 2 bridgehead atoms. The molecule has 0 nitrogen and oxygen atoms in total. The highest BCUT2D eigenvalue weighted by atomic mass is 14.5. The average Bonchev–Trinajstić information content (AvgIpc) is 2.41. The minimum absolute atomic E-state index is 0.449. The van der Waals surface area contributed by atoms with Gasteiger partial charge in [-0.05, 0) is 49.5 Å². The van der Waals surface area contributed by atoms with Gasteiger partial charge in [0.25, 0.3) is 0 Å². The second kappa shape index (κ2) is 3.56. The van der Waals surface area contributed by atoms with Gasteiger partial charge in [-0.25, -0.2) is 0 Å². The summed E-state index contributed by atoms with van der Waals surface area (Å²) in [5, 5.41) is 0. The molecule has 2 aliphatic rings. The van der Waals surface area contributed by atoms with Crippen molar-refractivity contribution in [3.05, 3.63) is 22.8 Å². The normalized spacial score (nSPS) is 30.2. The maximum Gasteiger partial charge on any atom is 0.0234 e. The van der Waals surface area contributed by atoms with E-state index in [0.717, 1.165) is 12.3 Å². The van der Waals surface area contributed by atoms with Crippen LogP contribution in [-0.2, 0) is 0 Å². The molecule has 1 unspecified atom stereocenters. The van der Waals surface area contributed by atoms with Crippen LogP contribution in [0.4, 0.5) is 0 Å². The predicted octanol–water partition coefficient (Wildman–Crippen LogP) is 4.09. The first-order chi connectivity index (χ1) is 7.12. The Morgan fingerprint density at radius 1 is 1.40 bits per heavy atom. The quantitative estimate of drug-likeness (QED) is 0.559. The van der Waals surface area contributed by atoms with Crippen LogP contribution in [-0.4, -0.2) is 0 Å². The number of hydrogen-bond acceptors (Lipinski definition) is 0. The van der Waals surface area contributed by atoms with Gasteiger partial charge in [-0.1, -0.05) is 31.4 Å². The molecular formula is C15H20. The lowest BCUT2D eigenvalue weighted by Gasteiger charge is -2.35. The molecule has 0 fully saturated rings. The number of terminal acetylenes is 1. The maximum atomic E-state index is 5.59. The van der Waals surface area contributed by atoms with Gasteiger partial charge in [-0.15, -0.1) is 6.42 Å². The van der Waals surface area contributed by atoms with Crippen LogP contribution in [0.1, 0.15) is 46.5 Å². The SMILES string of the molecule is C#CC1=CCCC2(C(C)C)CCC1=C2C. The maximum absolute atomic E-state index is 5.59. The van der Waals surface area contributed by atoms with E-state index in [1.165, 1.54) is 30.4 Å². The number of fused-ring (bicyclic) bond motifs is 1. The lowest BCUT2D eigenvalue weighted by atomic mass is 9.69. The minimum Gasteiger partial charge on any atom is -0.115 e. The summed E-state index contributed by atoms with van der Waals surface area (Å²) in [7, 11) is 0. The van der Waals surface area contributed by atoms with Crippen molar-refractivity contribution < 1.29 is 0 Å². The Morgan fingerprint density at radius 2 is 2.13 bits per heavy atom. The summed E-state index contributed by atoms with van der Waals surface area (Å²) in [6.45, 7) is 7.01. The molecule has 0 heteroatoms. The van der Waals surface area contributed by atoms with Crippen molar-refractivity contribution in [3.63, 3.8) is 0 Å². The van der Waals surface area contributed by atoms with Crippen LogP contribution in [0.3, 0.4) is 0 Å². The number of rotatable bonds is 1. The van der Waals surface area contributed by atoms with Crippen LogP contribution < -0.4 is 0 Å². The third-order valence-electron chi connectivity index (χ3n) is 4.55. The number of allylic oxidation sites excluding steroid dienone is 4. The Kier molecular flexibility index (Phi) is 2.51. The van der Waals surface area contributed by atoms with E-state index < -0.39 is 0 Å². The van der Waals surface area contributed by atoms with Gasteiger partial charge in [0.1, 0.15) is 0 Å². The molecule has 80 valence electrons. The van der Waals surface area contributed by atoms with Crippen molar-refractivity contribution in [2.45, 2.75) is 46.5 Å². The predicted molar refractivity (Wildman–Crippen MR) is 65.4 cm³/mol. The van der Waals surface area contributed by atoms with Crippen LogP contribution >= 0.6 is 0 Å². The van der Waals surface area contributed by atoms with Crippen LogP contribution in [0.5, 0.6) is 0 Å². The van der Waals surface area contributed by atoms with Gasteiger partial charge in [0.05, 0.1) is 0 Å². The Hall–Kier alpha value is -0.960. The standard InChI is InChI=1S/C15H20/c1-5-13-7-6-9-15(11(2)3)10-8-14(13)12(15)4/h1,7,11H,6,8-10H2,2-4H3. The molecule has 0 N–H and O–H groups in total. The van der Waals surface area contributed by atoms with Crippen molar-refractivity contribution in [2.24, 2.45) is 11.3 Å². The molecule has 0 aromatic carbocycles. The summed E-state index contributed by atoms with van der Waals surface area (Å²) in [6.07, 6.45) is 12.8. The van der Waals surface area contributed by atoms with Crippen molar-refractivity contribution in [1.29, 1.82) is 0 Å². The second-order valence-electron chi connectivity index (χ2n) is 5.22. The minimum atomic E-state index is 0.449. The van der Waals surface area contributed by atoms with Crippen molar-refractivity contribution >= 4 is 0 Å². The first kappa shape index (κ1) is 10.6. The molecule has 0 heterocycles. The van der Waals surface area contributed by atoms with Crippen LogP contribution in [0, 0.1) is 23.7 Å². The second-order valence-corrected chi connectivity index (χ2v) is 5.22. The molecule has 1 atom stereocenters. The van der Waals surface area contributed by atoms with Gasteiger partial charge in [0.15, 0.2) is 0 Å². The molecule has 0 spiro atoms. The molecule has 2 rings (SSSR count). The monoisotopic (exact) mass is 200 g/mol. The lowest BCUT2D eigenvalue weighted by Crippen LogP contribution is -2.25. The zero-order valence-corrected chi connectivity index (χ0v) is 10.1. The average molecular weight is 200 g/mol. The van der Waals surface area contributed by atoms with E-state index in [9.17, 15) is 0 Å². The number of hydrogen-bond donors (Lipinski definition) is 0. The first-order valence-corrected chi connectivity index (χ1v) is 5.99. The van der Waals surface area contributed by atoms with Gasteiger partial charge >= 0.3 is 0 Å². The first-order valence-electron chi connectivity index (χ1n) is 5.99. The van der Waals surface area contributed by atoms with Crippen LogP contribution in [0.2, 0.25) is 0 Å². The van der Waals surface area contributed by atoms with E-state index in [0.29, 0.717) is 5.41 Å². The topological polar surface area (TPSA) is 0 Å². The fourth-order valence-electron chi connectivity index (χ4n) is 3.43. The van der Waals surface area contributed by atoms with E-state index in [2.05, 4.69) is 32.8 Å². The highest BCUT2D eigenvalue weighted by molar-refractivity contribution is 5.51. The van der Waals surface area contributed by atoms with E-state index in [-0.39, 0.29) is 0 Å². The molecule has 2 aliphatic carbocycles. The Labute approximate surface area is 93.5 Å². The Balaban J connectivity index is 2.49. The highest BCUT2D eigenvalue weighted by Gasteiger charge is 2.41. The van der Waals surface area contributed by atoms with Gasteiger partial charge in [0, 0.05) is 5.57 Å². The summed E-state index contributed by atoms with van der Waals surface area (Å²) in [6, 6.07) is 0. The van der Waals surface area contributed by atoms with Gasteiger partial charge in [-0.3, -0.25) is 0 Å². The highest BCUT2D eigenvalue weighted by Crippen LogP contribution is 2.54. The molecule has 15 heavy (non-hydrogen) atoms. The van der Waals surface area contributed by atoms with Crippen LogP contribution in [0.25, 0.3) is 0 Å². The zero-order valence-electron chi connectivity index (χ0n) is 10.1. The van der Waals surface area contributed by atoms with Gasteiger partial charge < -0.3 is 0 Å². The summed E-state index contributed by atoms with van der Waals surface area (Å²) in [5.74, 6) is 3.60. The van der Waals surface area contributed by atoms with Crippen molar-refractivity contribution in [1.82, 2.24) is 0 Å². The molecule has 0 saturated carbocycles. The van der Waals surface area contributed by atoms with E-state index in [4.69, 9.17) is 6.42 Å². The third kappa shape index (κ3) is 1.37. The zero-order chi connectivity index (χ0) is 11.1. The Morgan fingerprint density at radius 3 is 2.73 bits per heavy atom. The van der Waals surface area contributed by atoms with Gasteiger partial charge in [-0.2, -0.15) is 0 Å². The van der Waals surface area contributed by atoms with Crippen molar-refractivity contribution in [3.8, 4) is 12.3 Å². The fourth-order valence-corrected chi connectivity index (χ4v) is 3.43. The molecule has 0 amide bonds. The van der Waals surface area contributed by atoms with Crippen LogP contribution in [0.15, 0.2) is 22.8 Å². The molecule has 0 aromatic rings. The molecule has 0 aliphatic heterocycles. The summed E-state index contributed by atoms with van der Waals surface area (Å²) in [4.78, 5) is 0. The van der Waals surface area contributed by atoms with Gasteiger partial charge in [0.2, 0.25) is 0 Å². The van der Waals surface area contributed by atoms with E-state index >= 15 is 0 Å². The fraction of sp³-hybridized carbons (Fsp3) is 0.600.